The van der Waals surface area contributed by atoms with Gasteiger partial charge >= 0.3 is 6.09 Å². The second kappa shape index (κ2) is 12.9. The maximum Gasteiger partial charge on any atom is 0.410 e. The molecule has 0 aliphatic rings. The normalized spacial score (nSPS) is 12.2. The second-order valence-corrected chi connectivity index (χ2v) is 12.3. The summed E-state index contributed by atoms with van der Waals surface area (Å²) in [6, 6.07) is 14.4. The summed E-state index contributed by atoms with van der Waals surface area (Å²) >= 11 is 8.15. The number of rotatable bonds is 9. The van der Waals surface area contributed by atoms with Crippen molar-refractivity contribution in [3.05, 3.63) is 76.5 Å². The van der Waals surface area contributed by atoms with Crippen LogP contribution in [0.3, 0.4) is 0 Å². The number of hydrogen-bond donors (Lipinski definition) is 1. The van der Waals surface area contributed by atoms with Crippen LogP contribution in [0.5, 0.6) is 0 Å². The molecule has 0 aliphatic carbocycles. The van der Waals surface area contributed by atoms with Crippen molar-refractivity contribution in [3.8, 4) is 21.6 Å². The van der Waals surface area contributed by atoms with Crippen molar-refractivity contribution >= 4 is 40.8 Å². The fraction of sp³-hybridized carbons (Fsp3) is 0.355. The molecule has 4 rings (SSSR count). The van der Waals surface area contributed by atoms with Crippen LogP contribution in [0, 0.1) is 6.92 Å². The predicted molar refractivity (Wildman–Crippen MR) is 166 cm³/mol. The number of aryl methyl sites for hydroxylation is 1. The first-order valence-corrected chi connectivity index (χ1v) is 14.8. The van der Waals surface area contributed by atoms with Gasteiger partial charge in [0.1, 0.15) is 17.1 Å². The highest BCUT2D eigenvalue weighted by molar-refractivity contribution is 7.13. The molecule has 1 unspecified atom stereocenters. The molecule has 10 heteroatoms. The van der Waals surface area contributed by atoms with Gasteiger partial charge in [-0.2, -0.15) is 5.10 Å². The smallest absolute Gasteiger partial charge is 0.410 e. The first-order chi connectivity index (χ1) is 19.5. The van der Waals surface area contributed by atoms with Crippen molar-refractivity contribution in [3.63, 3.8) is 0 Å². The van der Waals surface area contributed by atoms with Gasteiger partial charge in [0, 0.05) is 30.2 Å². The van der Waals surface area contributed by atoms with Gasteiger partial charge in [0.25, 0.3) is 5.91 Å². The minimum atomic E-state index is -0.574. The summed E-state index contributed by atoms with van der Waals surface area (Å²) in [6.45, 7) is 9.84. The number of amides is 2. The molecule has 0 fully saturated rings. The Hall–Kier alpha value is -3.69. The standard InChI is InChI=1S/C31H36ClN5O3S/c1-7-24(14-15-36(6)30(39)40-31(3,4)5)37-27(25(32)19-34-37)29(38)35-28-20(2)17-23(18-33-28)21-10-12-22(13-11-21)26-9-8-16-41-26/h8-13,16-19,24H,7,14-15H2,1-6H3,(H,33,35,38). The molecule has 2 amide bonds. The molecule has 1 aromatic carbocycles. The van der Waals surface area contributed by atoms with E-state index in [1.165, 1.54) is 21.5 Å². The zero-order chi connectivity index (χ0) is 29.7. The molecular formula is C31H36ClN5O3S. The first-order valence-electron chi connectivity index (χ1n) is 13.6. The van der Waals surface area contributed by atoms with Crippen molar-refractivity contribution in [1.29, 1.82) is 0 Å². The molecule has 0 spiro atoms. The summed E-state index contributed by atoms with van der Waals surface area (Å²) in [6.07, 6.45) is 4.09. The van der Waals surface area contributed by atoms with Crippen LogP contribution < -0.4 is 5.32 Å². The van der Waals surface area contributed by atoms with Crippen molar-refractivity contribution in [2.24, 2.45) is 0 Å². The third-order valence-corrected chi connectivity index (χ3v) is 7.82. The Morgan fingerprint density at radius 3 is 2.44 bits per heavy atom. The van der Waals surface area contributed by atoms with Gasteiger partial charge in [0.05, 0.1) is 17.3 Å². The third kappa shape index (κ3) is 7.54. The molecule has 3 aromatic heterocycles. The van der Waals surface area contributed by atoms with Crippen LogP contribution in [0.1, 0.15) is 62.6 Å². The zero-order valence-electron chi connectivity index (χ0n) is 24.3. The van der Waals surface area contributed by atoms with E-state index in [1.807, 2.05) is 46.8 Å². The van der Waals surface area contributed by atoms with Crippen LogP contribution in [-0.2, 0) is 4.74 Å². The SMILES string of the molecule is CCC(CCN(C)C(=O)OC(C)(C)C)n1ncc(Cl)c1C(=O)Nc1ncc(-c2ccc(-c3cccs3)cc2)cc1C. The maximum atomic E-state index is 13.4. The van der Waals surface area contributed by atoms with Crippen LogP contribution in [0.25, 0.3) is 21.6 Å². The average molecular weight is 594 g/mol. The summed E-state index contributed by atoms with van der Waals surface area (Å²) in [5.41, 5.74) is 3.69. The summed E-state index contributed by atoms with van der Waals surface area (Å²) in [7, 11) is 1.70. The monoisotopic (exact) mass is 593 g/mol. The van der Waals surface area contributed by atoms with Crippen molar-refractivity contribution < 1.29 is 14.3 Å². The fourth-order valence-corrected chi connectivity index (χ4v) is 5.35. The van der Waals surface area contributed by atoms with E-state index in [9.17, 15) is 9.59 Å². The van der Waals surface area contributed by atoms with E-state index >= 15 is 0 Å². The number of halogens is 1. The van der Waals surface area contributed by atoms with Gasteiger partial charge in [-0.3, -0.25) is 9.48 Å². The number of anilines is 1. The lowest BCUT2D eigenvalue weighted by Gasteiger charge is -2.26. The molecular weight excluding hydrogens is 558 g/mol. The fourth-order valence-electron chi connectivity index (χ4n) is 4.40. The van der Waals surface area contributed by atoms with Crippen LogP contribution in [0.2, 0.25) is 5.02 Å². The molecule has 0 bridgehead atoms. The lowest BCUT2D eigenvalue weighted by molar-refractivity contribution is 0.0289. The average Bonchev–Trinajstić information content (AvgIpc) is 3.60. The minimum absolute atomic E-state index is 0.151. The van der Waals surface area contributed by atoms with Crippen molar-refractivity contribution in [2.45, 2.75) is 59.1 Å². The number of thiophene rings is 1. The molecule has 1 atom stereocenters. The lowest BCUT2D eigenvalue weighted by atomic mass is 10.0. The zero-order valence-corrected chi connectivity index (χ0v) is 25.8. The van der Waals surface area contributed by atoms with Crippen molar-refractivity contribution in [2.75, 3.05) is 18.9 Å². The van der Waals surface area contributed by atoms with Crippen LogP contribution >= 0.6 is 22.9 Å². The summed E-state index contributed by atoms with van der Waals surface area (Å²) < 4.78 is 7.08. The number of carbonyl (C=O) groups excluding carboxylic acids is 2. The highest BCUT2D eigenvalue weighted by atomic mass is 35.5. The molecule has 4 aromatic rings. The van der Waals surface area contributed by atoms with Gasteiger partial charge in [-0.25, -0.2) is 9.78 Å². The number of hydrogen-bond acceptors (Lipinski definition) is 6. The predicted octanol–water partition coefficient (Wildman–Crippen LogP) is 8.10. The van der Waals surface area contributed by atoms with E-state index in [2.05, 4.69) is 51.1 Å². The number of ether oxygens (including phenoxy) is 1. The van der Waals surface area contributed by atoms with Gasteiger partial charge in [-0.1, -0.05) is 48.9 Å². The molecule has 8 nitrogen and oxygen atoms in total. The Balaban J connectivity index is 1.45. The van der Waals surface area contributed by atoms with E-state index < -0.39 is 17.6 Å². The minimum Gasteiger partial charge on any atom is -0.444 e. The second-order valence-electron chi connectivity index (χ2n) is 10.9. The molecule has 1 N–H and O–H groups in total. The molecule has 0 aliphatic heterocycles. The Morgan fingerprint density at radius 2 is 1.83 bits per heavy atom. The van der Waals surface area contributed by atoms with Gasteiger partial charge in [0.2, 0.25) is 0 Å². The summed E-state index contributed by atoms with van der Waals surface area (Å²) in [5, 5.41) is 9.63. The summed E-state index contributed by atoms with van der Waals surface area (Å²) in [4.78, 5) is 33.1. The largest absolute Gasteiger partial charge is 0.444 e. The molecule has 3 heterocycles. The molecule has 0 saturated heterocycles. The maximum absolute atomic E-state index is 13.4. The topological polar surface area (TPSA) is 89.4 Å². The Kier molecular flexibility index (Phi) is 9.50. The van der Waals surface area contributed by atoms with E-state index in [1.54, 1.807) is 29.3 Å². The van der Waals surface area contributed by atoms with Gasteiger partial charge in [-0.15, -0.1) is 11.3 Å². The number of pyridine rings is 1. The Morgan fingerprint density at radius 1 is 1.12 bits per heavy atom. The Labute approximate surface area is 250 Å². The number of nitrogens with zero attached hydrogens (tertiary/aromatic N) is 4. The van der Waals surface area contributed by atoms with E-state index in [-0.39, 0.29) is 16.8 Å². The summed E-state index contributed by atoms with van der Waals surface area (Å²) in [5.74, 6) is 0.0607. The van der Waals surface area contributed by atoms with E-state index in [0.717, 1.165) is 16.7 Å². The Bertz CT molecular complexity index is 1490. The number of benzene rings is 1. The van der Waals surface area contributed by atoms with Gasteiger partial charge < -0.3 is 15.0 Å². The molecule has 216 valence electrons. The quantitative estimate of drug-likeness (QED) is 0.212. The number of nitrogens with one attached hydrogen (secondary N) is 1. The van der Waals surface area contributed by atoms with Crippen LogP contribution in [-0.4, -0.2) is 50.9 Å². The highest BCUT2D eigenvalue weighted by Crippen LogP contribution is 2.30. The number of carbonyl (C=O) groups is 2. The molecule has 0 saturated carbocycles. The third-order valence-electron chi connectivity index (χ3n) is 6.62. The lowest BCUT2D eigenvalue weighted by Crippen LogP contribution is -2.35. The van der Waals surface area contributed by atoms with Gasteiger partial charge in [-0.05, 0) is 74.7 Å². The van der Waals surface area contributed by atoms with Crippen LogP contribution in [0.15, 0.2) is 60.2 Å². The molecule has 0 radical (unpaired) electrons. The van der Waals surface area contributed by atoms with Gasteiger partial charge in [0.15, 0.2) is 0 Å². The highest BCUT2D eigenvalue weighted by Gasteiger charge is 2.25. The number of aromatic nitrogens is 3. The first kappa shape index (κ1) is 30.3. The van der Waals surface area contributed by atoms with Crippen molar-refractivity contribution in [1.82, 2.24) is 19.7 Å². The van der Waals surface area contributed by atoms with E-state index in [0.29, 0.717) is 25.2 Å². The van der Waals surface area contributed by atoms with E-state index in [4.69, 9.17) is 16.3 Å². The van der Waals surface area contributed by atoms with Crippen LogP contribution in [0.4, 0.5) is 10.6 Å². The molecule has 41 heavy (non-hydrogen) atoms.